The Labute approximate surface area is 861 Å². The first-order valence-electron chi connectivity index (χ1n) is 50.7. The van der Waals surface area contributed by atoms with Gasteiger partial charge in [0.15, 0.2) is 31.5 Å². The summed E-state index contributed by atoms with van der Waals surface area (Å²) in [6.45, 7) is 22.3. The normalized spacial score (nSPS) is 18.7. The molecule has 2 saturated heterocycles. The Balaban J connectivity index is 0.00000123. The summed E-state index contributed by atoms with van der Waals surface area (Å²) in [7, 11) is 15.4. The first-order chi connectivity index (χ1) is 69.0. The van der Waals surface area contributed by atoms with Crippen LogP contribution in [-0.4, -0.2) is 392 Å². The molecule has 0 aromatic heterocycles. The Morgan fingerprint density at radius 3 is 1.48 bits per heavy atom. The number of nitrogens with one attached hydrogen (secondary N) is 4. The van der Waals surface area contributed by atoms with Crippen LogP contribution in [0.1, 0.15) is 230 Å². The van der Waals surface area contributed by atoms with Crippen molar-refractivity contribution in [2.75, 3.05) is 156 Å². The molecule has 1 aromatic carbocycles. The van der Waals surface area contributed by atoms with Gasteiger partial charge in [0.05, 0.1) is 106 Å². The maximum absolute atomic E-state index is 14.5. The highest BCUT2D eigenvalue weighted by Gasteiger charge is 2.46. The fourth-order valence-electron chi connectivity index (χ4n) is 16.4. The summed E-state index contributed by atoms with van der Waals surface area (Å²) < 4.78 is 79.1. The van der Waals surface area contributed by atoms with E-state index in [1.165, 1.54) is 66.4 Å². The Hall–Kier alpha value is -8.13. The summed E-state index contributed by atoms with van der Waals surface area (Å²) in [5, 5.41) is 64.1. The highest BCUT2D eigenvalue weighted by Crippen LogP contribution is 2.35. The van der Waals surface area contributed by atoms with Gasteiger partial charge in [0.1, 0.15) is 43.8 Å². The number of rotatable bonds is 71. The molecule has 2 aliphatic heterocycles. The van der Waals surface area contributed by atoms with Crippen LogP contribution in [0.15, 0.2) is 30.3 Å². The first kappa shape index (κ1) is 135. The van der Waals surface area contributed by atoms with Gasteiger partial charge in [-0.15, -0.1) is 11.8 Å². The summed E-state index contributed by atoms with van der Waals surface area (Å²) in [4.78, 5) is 185. The molecule has 836 valence electrons. The van der Waals surface area contributed by atoms with Gasteiger partial charge in [-0.25, -0.2) is 4.79 Å². The lowest BCUT2D eigenvalue weighted by molar-refractivity contribution is -0.251. The number of ketones is 1. The number of aliphatic carboxylic acids is 1. The number of Topliss-reactive ketones (excluding diaryl/α,β-unsaturated/α-hetero) is 1. The lowest BCUT2D eigenvalue weighted by Gasteiger charge is -2.41. The van der Waals surface area contributed by atoms with E-state index in [1.807, 2.05) is 119 Å². The quantitative estimate of drug-likeness (QED) is 0.0125. The van der Waals surface area contributed by atoms with Crippen molar-refractivity contribution in [2.45, 2.75) is 334 Å². The molecular weight excluding hydrogens is 1920 g/mol. The van der Waals surface area contributed by atoms with Gasteiger partial charge in [0.25, 0.3) is 0 Å². The number of aliphatic hydroxyl groups excluding tert-OH is 5. The van der Waals surface area contributed by atoms with E-state index in [1.54, 1.807) is 30.7 Å². The number of imide groups is 1. The average molecular weight is 2090 g/mol. The van der Waals surface area contributed by atoms with Gasteiger partial charge in [0, 0.05) is 146 Å². The zero-order valence-corrected chi connectivity index (χ0v) is 90.7. The predicted octanol–water partition coefficient (Wildman–Crippen LogP) is 5.58. The standard InChI is InChI=1S/C55H94N6O14.C27H44N2O10S.C12H22O7.C7H16O4/c1-16-36(7)50(60(12)54(68)48(34(3)4)58-53(67)49(35(5)6)59(10)11)43(70-13)30-45(64)61-28-22-25-42(61)51(72-15)38(9)52(66)57-41(29-39-23-19-18-20-24-39)55(69)74-37(8)31-56-44(63)26-21-27-46(65)73-33-47(71-14)75-40(17-2)32-62;1-4-20(31)19-10-8-18(9-11-19)15-29-23(33)14-21(27(29)35)40-13-12-28-22(32)6-5-7-24(34)38-17-26(37-3)39-25(16-30)36-2;1-3-9(7-13)19-12(17-2)8-18-11(16)6-4-5-10(14)15;1-3-6(4-8)11-7(5-9)10-2/h18-20,23-24,34-38,40-43,47-51,62H,16-17,21-22,25-33H2,1-15H3,(H,56,63)(H,57,66)(H,58,67);18-19,21,25-26,30H,4-17H2,1-3H3,(H,28,32);9,12-13H,3-8H2,1-2H3,(H,14,15);6-9H,3-5H2,1-2H3/t36-,37?,38+,40?,41-,42-,43+,47?,48-,49-,50-,51+;;;/m0.../s1. The Morgan fingerprint density at radius 2 is 1.03 bits per heavy atom. The smallest absolute Gasteiger partial charge is 0.329 e. The minimum Gasteiger partial charge on any atom is -0.481 e. The van der Waals surface area contributed by atoms with Crippen LogP contribution in [0.2, 0.25) is 0 Å². The molecule has 3 aliphatic rings. The number of carbonyl (C=O) groups excluding carboxylic acids is 13. The van der Waals surface area contributed by atoms with E-state index < -0.39 is 133 Å². The number of benzene rings is 1. The SMILES string of the molecule is CCC(=O)C1CCC(CN2C(=O)CC(SCCNC(=O)CCCC(=O)OCC(OC)OC(CO)OC)C2=O)CC1.CCC(CO)OC(CO)OC.CCC(CO)OC(COC(=O)CCCC(=O)NCC(C)OC(=O)[C@H](Cc1ccccc1)NC(=O)[C@H](C)[C@@H](OC)[C@@H]1CCCN1C(=O)C[C@@H](OC)[C@H]([C@@H](C)CC)N(C)C(=O)[C@@H](NC(=O)[C@H](C(C)C)N(C)C)C(C)C)OC.CCC(CO)OC(COC(=O)CCCC(=O)O)OC. The Kier molecular flexibility index (Phi) is 71.9. The number of hydrogen-bond donors (Lipinski definition) is 10. The van der Waals surface area contributed by atoms with Crippen molar-refractivity contribution in [3.05, 3.63) is 35.9 Å². The van der Waals surface area contributed by atoms with Gasteiger partial charge in [-0.2, -0.15) is 0 Å². The van der Waals surface area contributed by atoms with Gasteiger partial charge in [0.2, 0.25) is 47.3 Å². The highest BCUT2D eigenvalue weighted by atomic mass is 32.2. The van der Waals surface area contributed by atoms with Crippen LogP contribution in [0.5, 0.6) is 0 Å². The van der Waals surface area contributed by atoms with Gasteiger partial charge >= 0.3 is 29.8 Å². The minimum absolute atomic E-state index is 0.00787. The maximum Gasteiger partial charge on any atom is 0.329 e. The topological polar surface area (TPSA) is 560 Å². The second kappa shape index (κ2) is 77.2. The molecule has 10 unspecified atom stereocenters. The molecule has 0 spiro atoms. The zero-order valence-electron chi connectivity index (χ0n) is 89.8. The number of hydrogen-bond acceptors (Lipinski definition) is 36. The fourth-order valence-corrected chi connectivity index (χ4v) is 17.5. The summed E-state index contributed by atoms with van der Waals surface area (Å²) in [5.41, 5.74) is 0.771. The van der Waals surface area contributed by atoms with Crippen LogP contribution in [0.4, 0.5) is 0 Å². The number of likely N-dealkylation sites (tertiary alicyclic amines) is 2. The minimum atomic E-state index is -1.11. The summed E-state index contributed by atoms with van der Waals surface area (Å²) >= 11 is 1.36. The number of esters is 4. The molecule has 10 N–H and O–H groups in total. The van der Waals surface area contributed by atoms with Crippen LogP contribution in [0, 0.1) is 35.5 Å². The molecule has 2 heterocycles. The van der Waals surface area contributed by atoms with Crippen LogP contribution in [0.3, 0.4) is 0 Å². The molecule has 3 fully saturated rings. The van der Waals surface area contributed by atoms with E-state index in [9.17, 15) is 72.2 Å². The summed E-state index contributed by atoms with van der Waals surface area (Å²) in [6, 6.07) is 5.78. The van der Waals surface area contributed by atoms with Crippen molar-refractivity contribution in [1.82, 2.24) is 40.9 Å². The third-order valence-corrected chi connectivity index (χ3v) is 26.4. The zero-order chi connectivity index (χ0) is 109. The average Bonchev–Trinajstić information content (AvgIpc) is 1.65. The maximum atomic E-state index is 14.5. The molecule has 0 bridgehead atoms. The lowest BCUT2D eigenvalue weighted by Crippen LogP contribution is -2.59. The molecule has 19 atom stereocenters. The van der Waals surface area contributed by atoms with Gasteiger partial charge < -0.3 is 133 Å². The number of amides is 8. The molecule has 8 amide bonds. The number of nitrogens with zero attached hydrogens (tertiary/aromatic N) is 4. The molecule has 0 radical (unpaired) electrons. The predicted molar refractivity (Wildman–Crippen MR) is 535 cm³/mol. The van der Waals surface area contributed by atoms with Crippen LogP contribution in [0.25, 0.3) is 0 Å². The second-order valence-electron chi connectivity index (χ2n) is 36.9. The molecular formula is C101H176N8O35S. The number of carbonyl (C=O) groups is 14. The van der Waals surface area contributed by atoms with Crippen LogP contribution in [-0.2, 0) is 145 Å². The summed E-state index contributed by atoms with van der Waals surface area (Å²) in [6.07, 6.45) is 1.53. The number of thioether (sulfide) groups is 1. The van der Waals surface area contributed by atoms with Crippen LogP contribution < -0.4 is 21.3 Å². The van der Waals surface area contributed by atoms with Crippen molar-refractivity contribution in [3.63, 3.8) is 0 Å². The van der Waals surface area contributed by atoms with E-state index in [-0.39, 0.29) is 213 Å². The summed E-state index contributed by atoms with van der Waals surface area (Å²) in [5.74, 6) is -5.28. The molecule has 1 saturated carbocycles. The van der Waals surface area contributed by atoms with Crippen molar-refractivity contribution in [2.24, 2.45) is 35.5 Å². The van der Waals surface area contributed by atoms with Crippen LogP contribution >= 0.6 is 11.8 Å². The lowest BCUT2D eigenvalue weighted by atomic mass is 9.79. The number of aliphatic hydroxyl groups is 5. The second-order valence-corrected chi connectivity index (χ2v) is 38.3. The fraction of sp³-hybridized carbons (Fsp3) is 0.802. The molecule has 44 heteroatoms. The monoisotopic (exact) mass is 2090 g/mol. The number of carboxylic acids is 1. The molecule has 145 heavy (non-hydrogen) atoms. The largest absolute Gasteiger partial charge is 0.481 e. The van der Waals surface area contributed by atoms with E-state index in [0.717, 1.165) is 31.2 Å². The van der Waals surface area contributed by atoms with Crippen molar-refractivity contribution >= 4 is 94.6 Å². The third kappa shape index (κ3) is 52.7. The first-order valence-corrected chi connectivity index (χ1v) is 51.7. The van der Waals surface area contributed by atoms with Crippen molar-refractivity contribution < 1.29 is 169 Å². The number of likely N-dealkylation sites (N-methyl/N-ethyl adjacent to an activating group) is 2. The number of ether oxygens (including phenoxy) is 15. The van der Waals surface area contributed by atoms with E-state index in [2.05, 4.69) is 21.3 Å². The Bertz CT molecular complexity index is 3820. The van der Waals surface area contributed by atoms with E-state index in [0.29, 0.717) is 82.5 Å². The van der Waals surface area contributed by atoms with Crippen molar-refractivity contribution in [3.8, 4) is 0 Å². The van der Waals surface area contributed by atoms with Crippen molar-refractivity contribution in [1.29, 1.82) is 0 Å². The van der Waals surface area contributed by atoms with Gasteiger partial charge in [-0.3, -0.25) is 72.1 Å². The third-order valence-electron chi connectivity index (χ3n) is 25.2. The number of carboxylic acid groups (broad SMARTS) is 1. The van der Waals surface area contributed by atoms with E-state index in [4.69, 9.17) is 96.6 Å². The van der Waals surface area contributed by atoms with E-state index >= 15 is 0 Å². The Morgan fingerprint density at radius 1 is 0.545 bits per heavy atom. The number of methoxy groups -OCH3 is 7. The van der Waals surface area contributed by atoms with Gasteiger partial charge in [-0.05, 0) is 127 Å². The highest BCUT2D eigenvalue weighted by molar-refractivity contribution is 8.00. The molecule has 1 aliphatic carbocycles. The molecule has 1 aromatic rings. The molecule has 43 nitrogen and oxygen atoms in total. The molecule has 4 rings (SSSR count). The van der Waals surface area contributed by atoms with Gasteiger partial charge in [-0.1, -0.05) is 113 Å².